The van der Waals surface area contributed by atoms with Gasteiger partial charge in [-0.1, -0.05) is 20.8 Å². The van der Waals surface area contributed by atoms with E-state index in [9.17, 15) is 9.59 Å². The lowest BCUT2D eigenvalue weighted by molar-refractivity contribution is -0.123. The normalized spacial score (nSPS) is 10.4. The fraction of sp³-hybridized carbons (Fsp3) is 0.556. The summed E-state index contributed by atoms with van der Waals surface area (Å²) in [5, 5.41) is 5.53. The van der Waals surface area contributed by atoms with Crippen LogP contribution in [0.15, 0.2) is 18.2 Å². The molecule has 1 aromatic rings. The van der Waals surface area contributed by atoms with Gasteiger partial charge in [0.2, 0.25) is 5.91 Å². The molecule has 0 bridgehead atoms. The van der Waals surface area contributed by atoms with Gasteiger partial charge in [0.25, 0.3) is 5.91 Å². The molecule has 134 valence electrons. The van der Waals surface area contributed by atoms with Gasteiger partial charge in [-0.15, -0.1) is 0 Å². The highest BCUT2D eigenvalue weighted by molar-refractivity contribution is 5.94. The molecule has 0 aliphatic rings. The van der Waals surface area contributed by atoms with Crippen molar-refractivity contribution in [2.24, 2.45) is 5.92 Å². The molecule has 0 aromatic heterocycles. The fourth-order valence-corrected chi connectivity index (χ4v) is 1.92. The van der Waals surface area contributed by atoms with Crippen molar-refractivity contribution < 1.29 is 19.1 Å². The Hall–Kier alpha value is -2.24. The molecule has 0 aliphatic carbocycles. The van der Waals surface area contributed by atoms with E-state index < -0.39 is 0 Å². The number of carbonyl (C=O) groups is 2. The van der Waals surface area contributed by atoms with Crippen LogP contribution in [0.2, 0.25) is 0 Å². The van der Waals surface area contributed by atoms with Crippen LogP contribution in [0.25, 0.3) is 0 Å². The number of carbonyl (C=O) groups excluding carboxylic acids is 2. The van der Waals surface area contributed by atoms with E-state index in [0.717, 1.165) is 6.42 Å². The van der Waals surface area contributed by atoms with Gasteiger partial charge in [0, 0.05) is 24.6 Å². The molecule has 0 radical (unpaired) electrons. The van der Waals surface area contributed by atoms with Gasteiger partial charge in [-0.05, 0) is 31.5 Å². The second-order valence-corrected chi connectivity index (χ2v) is 5.64. The number of benzene rings is 1. The minimum atomic E-state index is -0.211. The van der Waals surface area contributed by atoms with Crippen molar-refractivity contribution in [2.45, 2.75) is 34.1 Å². The van der Waals surface area contributed by atoms with E-state index in [-0.39, 0.29) is 17.7 Å². The quantitative estimate of drug-likeness (QED) is 0.643. The summed E-state index contributed by atoms with van der Waals surface area (Å²) in [5.74, 6) is 0.897. The van der Waals surface area contributed by atoms with Gasteiger partial charge in [-0.25, -0.2) is 0 Å². The summed E-state index contributed by atoms with van der Waals surface area (Å²) in [6, 6.07) is 5.13. The van der Waals surface area contributed by atoms with Crippen LogP contribution in [0.4, 0.5) is 0 Å². The Balaban J connectivity index is 2.60. The SMILES string of the molecule is CCCOc1ccc(C(=O)NCCNC(=O)C(C)C)cc1OCC. The molecule has 0 saturated heterocycles. The first-order valence-electron chi connectivity index (χ1n) is 8.45. The Labute approximate surface area is 143 Å². The Morgan fingerprint density at radius 1 is 1.04 bits per heavy atom. The van der Waals surface area contributed by atoms with Crippen molar-refractivity contribution >= 4 is 11.8 Å². The molecule has 0 saturated carbocycles. The third kappa shape index (κ3) is 6.48. The minimum Gasteiger partial charge on any atom is -0.490 e. The summed E-state index contributed by atoms with van der Waals surface area (Å²) in [5.41, 5.74) is 0.498. The molecule has 0 unspecified atom stereocenters. The van der Waals surface area contributed by atoms with E-state index in [1.807, 2.05) is 27.7 Å². The molecule has 24 heavy (non-hydrogen) atoms. The van der Waals surface area contributed by atoms with Crippen molar-refractivity contribution in [2.75, 3.05) is 26.3 Å². The Kier molecular flexibility index (Phi) is 8.68. The topological polar surface area (TPSA) is 76.7 Å². The first-order chi connectivity index (χ1) is 11.5. The zero-order valence-corrected chi connectivity index (χ0v) is 15.0. The van der Waals surface area contributed by atoms with Gasteiger partial charge < -0.3 is 20.1 Å². The summed E-state index contributed by atoms with van der Waals surface area (Å²) in [6.07, 6.45) is 0.899. The molecule has 1 aromatic carbocycles. The number of hydrogen-bond donors (Lipinski definition) is 2. The lowest BCUT2D eigenvalue weighted by atomic mass is 10.2. The average molecular weight is 336 g/mol. The van der Waals surface area contributed by atoms with Crippen molar-refractivity contribution in [3.05, 3.63) is 23.8 Å². The van der Waals surface area contributed by atoms with E-state index in [2.05, 4.69) is 10.6 Å². The molecular weight excluding hydrogens is 308 g/mol. The van der Waals surface area contributed by atoms with Crippen LogP contribution in [-0.2, 0) is 4.79 Å². The van der Waals surface area contributed by atoms with Crippen LogP contribution >= 0.6 is 0 Å². The van der Waals surface area contributed by atoms with Crippen molar-refractivity contribution in [3.8, 4) is 11.5 Å². The number of nitrogens with one attached hydrogen (secondary N) is 2. The second-order valence-electron chi connectivity index (χ2n) is 5.64. The summed E-state index contributed by atoms with van der Waals surface area (Å²) in [7, 11) is 0. The second kappa shape index (κ2) is 10.5. The maximum Gasteiger partial charge on any atom is 0.251 e. The van der Waals surface area contributed by atoms with Crippen LogP contribution in [0.5, 0.6) is 11.5 Å². The van der Waals surface area contributed by atoms with Gasteiger partial charge in [-0.2, -0.15) is 0 Å². The molecule has 6 heteroatoms. The van der Waals surface area contributed by atoms with Gasteiger partial charge in [-0.3, -0.25) is 9.59 Å². The molecule has 1 rings (SSSR count). The number of amides is 2. The fourth-order valence-electron chi connectivity index (χ4n) is 1.92. The molecular formula is C18H28N2O4. The first-order valence-corrected chi connectivity index (χ1v) is 8.45. The molecule has 0 heterocycles. The third-order valence-corrected chi connectivity index (χ3v) is 3.20. The van der Waals surface area contributed by atoms with Crippen LogP contribution in [0.3, 0.4) is 0 Å². The van der Waals surface area contributed by atoms with Crippen LogP contribution < -0.4 is 20.1 Å². The highest BCUT2D eigenvalue weighted by atomic mass is 16.5. The monoisotopic (exact) mass is 336 g/mol. The van der Waals surface area contributed by atoms with Crippen molar-refractivity contribution in [3.63, 3.8) is 0 Å². The standard InChI is InChI=1S/C18H28N2O4/c1-5-11-24-15-8-7-14(12-16(15)23-6-2)18(22)20-10-9-19-17(21)13(3)4/h7-8,12-13H,5-6,9-11H2,1-4H3,(H,19,21)(H,20,22). The number of ether oxygens (including phenoxy) is 2. The van der Waals surface area contributed by atoms with E-state index in [1.54, 1.807) is 18.2 Å². The molecule has 2 N–H and O–H groups in total. The van der Waals surface area contributed by atoms with E-state index in [0.29, 0.717) is 43.4 Å². The van der Waals surface area contributed by atoms with Gasteiger partial charge in [0.05, 0.1) is 13.2 Å². The lowest BCUT2D eigenvalue weighted by Gasteiger charge is -2.13. The van der Waals surface area contributed by atoms with Crippen molar-refractivity contribution in [1.29, 1.82) is 0 Å². The molecule has 0 spiro atoms. The van der Waals surface area contributed by atoms with Crippen molar-refractivity contribution in [1.82, 2.24) is 10.6 Å². The summed E-state index contributed by atoms with van der Waals surface area (Å²) >= 11 is 0. The minimum absolute atomic E-state index is 0.0275. The highest BCUT2D eigenvalue weighted by Crippen LogP contribution is 2.28. The Morgan fingerprint density at radius 2 is 1.75 bits per heavy atom. The third-order valence-electron chi connectivity index (χ3n) is 3.20. The number of rotatable bonds is 10. The van der Waals surface area contributed by atoms with E-state index in [4.69, 9.17) is 9.47 Å². The maximum absolute atomic E-state index is 12.2. The maximum atomic E-state index is 12.2. The van der Waals surface area contributed by atoms with Crippen LogP contribution in [-0.4, -0.2) is 38.1 Å². The van der Waals surface area contributed by atoms with E-state index in [1.165, 1.54) is 0 Å². The summed E-state index contributed by atoms with van der Waals surface area (Å²) in [4.78, 5) is 23.6. The van der Waals surface area contributed by atoms with E-state index >= 15 is 0 Å². The van der Waals surface area contributed by atoms with Gasteiger partial charge >= 0.3 is 0 Å². The zero-order chi connectivity index (χ0) is 17.9. The predicted molar refractivity (Wildman–Crippen MR) is 93.6 cm³/mol. The smallest absolute Gasteiger partial charge is 0.251 e. The Morgan fingerprint density at radius 3 is 2.38 bits per heavy atom. The molecule has 0 aliphatic heterocycles. The first kappa shape index (κ1) is 19.8. The Bertz CT molecular complexity index is 544. The van der Waals surface area contributed by atoms with Crippen LogP contribution in [0, 0.1) is 5.92 Å². The molecule has 0 atom stereocenters. The predicted octanol–water partition coefficient (Wildman–Crippen LogP) is 2.38. The summed E-state index contributed by atoms with van der Waals surface area (Å²) < 4.78 is 11.2. The highest BCUT2D eigenvalue weighted by Gasteiger charge is 2.12. The van der Waals surface area contributed by atoms with Gasteiger partial charge in [0.15, 0.2) is 11.5 Å². The molecule has 2 amide bonds. The number of hydrogen-bond acceptors (Lipinski definition) is 4. The average Bonchev–Trinajstić information content (AvgIpc) is 2.57. The lowest BCUT2D eigenvalue weighted by Crippen LogP contribution is -2.36. The van der Waals surface area contributed by atoms with Crippen LogP contribution in [0.1, 0.15) is 44.5 Å². The molecule has 0 fully saturated rings. The zero-order valence-electron chi connectivity index (χ0n) is 15.0. The molecule has 6 nitrogen and oxygen atoms in total. The summed E-state index contributed by atoms with van der Waals surface area (Å²) in [6.45, 7) is 9.43. The largest absolute Gasteiger partial charge is 0.490 e. The van der Waals surface area contributed by atoms with Gasteiger partial charge in [0.1, 0.15) is 0 Å².